The Morgan fingerprint density at radius 3 is 2.64 bits per heavy atom. The molecule has 2 atom stereocenters. The zero-order chi connectivity index (χ0) is 10.2. The number of nitrogens with zero attached hydrogens (tertiary/aromatic N) is 1. The minimum atomic E-state index is 0.495. The van der Waals surface area contributed by atoms with E-state index in [4.69, 9.17) is 4.74 Å². The highest BCUT2D eigenvalue weighted by Gasteiger charge is 2.38. The van der Waals surface area contributed by atoms with Gasteiger partial charge in [-0.1, -0.05) is 20.8 Å². The standard InChI is InChI=1S/C12H23NO/c1-12(2,3)5-4-6-13-8-11-7-10(13)9-14-11/h10-11H,4-9H2,1-3H3/t10?,11-/m1/s1. The van der Waals surface area contributed by atoms with E-state index < -0.39 is 0 Å². The Morgan fingerprint density at radius 2 is 2.14 bits per heavy atom. The summed E-state index contributed by atoms with van der Waals surface area (Å²) in [5.41, 5.74) is 0.495. The van der Waals surface area contributed by atoms with Crippen LogP contribution in [0.4, 0.5) is 0 Å². The summed E-state index contributed by atoms with van der Waals surface area (Å²) in [6.45, 7) is 10.4. The highest BCUT2D eigenvalue weighted by molar-refractivity contribution is 4.91. The summed E-state index contributed by atoms with van der Waals surface area (Å²) in [5, 5.41) is 0. The van der Waals surface area contributed by atoms with Crippen molar-refractivity contribution in [3.05, 3.63) is 0 Å². The maximum absolute atomic E-state index is 5.59. The van der Waals surface area contributed by atoms with E-state index in [-0.39, 0.29) is 0 Å². The molecule has 2 aliphatic rings. The van der Waals surface area contributed by atoms with E-state index in [0.29, 0.717) is 11.5 Å². The number of fused-ring (bicyclic) bond motifs is 2. The van der Waals surface area contributed by atoms with Crippen molar-refractivity contribution in [2.75, 3.05) is 19.7 Å². The average Bonchev–Trinajstić information content (AvgIpc) is 2.62. The minimum Gasteiger partial charge on any atom is -0.375 e. The number of rotatable bonds is 3. The molecule has 1 unspecified atom stereocenters. The van der Waals surface area contributed by atoms with E-state index in [9.17, 15) is 0 Å². The predicted molar refractivity (Wildman–Crippen MR) is 58.4 cm³/mol. The quantitative estimate of drug-likeness (QED) is 0.688. The van der Waals surface area contributed by atoms with Crippen LogP contribution in [0, 0.1) is 5.41 Å². The molecule has 0 radical (unpaired) electrons. The van der Waals surface area contributed by atoms with Crippen LogP contribution >= 0.6 is 0 Å². The van der Waals surface area contributed by atoms with E-state index in [0.717, 1.165) is 12.6 Å². The molecule has 0 amide bonds. The van der Waals surface area contributed by atoms with Gasteiger partial charge in [0.2, 0.25) is 0 Å². The first kappa shape index (κ1) is 10.4. The molecule has 0 N–H and O–H groups in total. The predicted octanol–water partition coefficient (Wildman–Crippen LogP) is 2.29. The first-order chi connectivity index (χ1) is 6.54. The summed E-state index contributed by atoms with van der Waals surface area (Å²) >= 11 is 0. The van der Waals surface area contributed by atoms with E-state index in [2.05, 4.69) is 25.7 Å². The van der Waals surface area contributed by atoms with E-state index in [1.165, 1.54) is 32.4 Å². The fourth-order valence-electron chi connectivity index (χ4n) is 2.57. The van der Waals surface area contributed by atoms with Gasteiger partial charge in [-0.3, -0.25) is 4.90 Å². The summed E-state index contributed by atoms with van der Waals surface area (Å²) in [7, 11) is 0. The number of likely N-dealkylation sites (tertiary alicyclic amines) is 1. The fourth-order valence-corrected chi connectivity index (χ4v) is 2.57. The number of hydrogen-bond acceptors (Lipinski definition) is 2. The molecule has 14 heavy (non-hydrogen) atoms. The van der Waals surface area contributed by atoms with Crippen molar-refractivity contribution >= 4 is 0 Å². The summed E-state index contributed by atoms with van der Waals surface area (Å²) in [5.74, 6) is 0. The van der Waals surface area contributed by atoms with Gasteiger partial charge < -0.3 is 4.74 Å². The van der Waals surface area contributed by atoms with Crippen LogP contribution in [0.3, 0.4) is 0 Å². The van der Waals surface area contributed by atoms with Gasteiger partial charge in [0.25, 0.3) is 0 Å². The lowest BCUT2D eigenvalue weighted by Crippen LogP contribution is -2.37. The van der Waals surface area contributed by atoms with Gasteiger partial charge in [-0.2, -0.15) is 0 Å². The smallest absolute Gasteiger partial charge is 0.0718 e. The van der Waals surface area contributed by atoms with Gasteiger partial charge in [0.05, 0.1) is 12.7 Å². The Labute approximate surface area is 87.6 Å². The van der Waals surface area contributed by atoms with Gasteiger partial charge in [0.15, 0.2) is 0 Å². The van der Waals surface area contributed by atoms with Crippen molar-refractivity contribution in [3.63, 3.8) is 0 Å². The lowest BCUT2D eigenvalue weighted by Gasteiger charge is -2.28. The third kappa shape index (κ3) is 2.48. The minimum absolute atomic E-state index is 0.495. The first-order valence-corrected chi connectivity index (χ1v) is 5.90. The number of hydrogen-bond donors (Lipinski definition) is 0. The molecular weight excluding hydrogens is 174 g/mol. The second kappa shape index (κ2) is 3.82. The molecule has 0 aromatic rings. The van der Waals surface area contributed by atoms with E-state index >= 15 is 0 Å². The molecule has 0 aromatic heterocycles. The van der Waals surface area contributed by atoms with Gasteiger partial charge in [0, 0.05) is 12.6 Å². The van der Waals surface area contributed by atoms with Crippen LogP contribution in [0.2, 0.25) is 0 Å². The Morgan fingerprint density at radius 1 is 1.36 bits per heavy atom. The molecule has 0 saturated carbocycles. The molecule has 2 bridgehead atoms. The van der Waals surface area contributed by atoms with Crippen LogP contribution in [0.1, 0.15) is 40.0 Å². The molecule has 2 fully saturated rings. The Kier molecular flexibility index (Phi) is 2.85. The van der Waals surface area contributed by atoms with Crippen molar-refractivity contribution in [1.29, 1.82) is 0 Å². The molecule has 2 heteroatoms. The van der Waals surface area contributed by atoms with Gasteiger partial charge in [-0.05, 0) is 31.2 Å². The highest BCUT2D eigenvalue weighted by atomic mass is 16.5. The summed E-state index contributed by atoms with van der Waals surface area (Å²) in [6, 6.07) is 0.750. The third-order valence-electron chi connectivity index (χ3n) is 3.39. The highest BCUT2D eigenvalue weighted by Crippen LogP contribution is 2.29. The lowest BCUT2D eigenvalue weighted by atomic mass is 9.90. The van der Waals surface area contributed by atoms with Crippen molar-refractivity contribution in [2.45, 2.75) is 52.2 Å². The second-order valence-corrected chi connectivity index (χ2v) is 6.00. The van der Waals surface area contributed by atoms with Gasteiger partial charge in [-0.15, -0.1) is 0 Å². The molecule has 82 valence electrons. The average molecular weight is 197 g/mol. The molecule has 0 aliphatic carbocycles. The summed E-state index contributed by atoms with van der Waals surface area (Å²) in [6.07, 6.45) is 4.53. The van der Waals surface area contributed by atoms with Gasteiger partial charge in [-0.25, -0.2) is 0 Å². The topological polar surface area (TPSA) is 12.5 Å². The van der Waals surface area contributed by atoms with Gasteiger partial charge >= 0.3 is 0 Å². The van der Waals surface area contributed by atoms with Crippen LogP contribution in [0.5, 0.6) is 0 Å². The largest absolute Gasteiger partial charge is 0.375 e. The van der Waals surface area contributed by atoms with Crippen molar-refractivity contribution < 1.29 is 4.74 Å². The van der Waals surface area contributed by atoms with Crippen LogP contribution in [-0.2, 0) is 4.74 Å². The molecule has 2 rings (SSSR count). The summed E-state index contributed by atoms with van der Waals surface area (Å²) in [4.78, 5) is 2.62. The van der Waals surface area contributed by atoms with Crippen LogP contribution < -0.4 is 0 Å². The van der Waals surface area contributed by atoms with Crippen molar-refractivity contribution in [2.24, 2.45) is 5.41 Å². The van der Waals surface area contributed by atoms with E-state index in [1.807, 2.05) is 0 Å². The molecular formula is C12H23NO. The fraction of sp³-hybridized carbons (Fsp3) is 1.00. The van der Waals surface area contributed by atoms with Crippen molar-refractivity contribution in [3.8, 4) is 0 Å². The second-order valence-electron chi connectivity index (χ2n) is 6.00. The molecule has 2 nitrogen and oxygen atoms in total. The first-order valence-electron chi connectivity index (χ1n) is 5.90. The van der Waals surface area contributed by atoms with Crippen LogP contribution in [0.15, 0.2) is 0 Å². The van der Waals surface area contributed by atoms with Crippen LogP contribution in [-0.4, -0.2) is 36.7 Å². The molecule has 0 spiro atoms. The Balaban J connectivity index is 1.67. The Bertz CT molecular complexity index is 197. The number of ether oxygens (including phenoxy) is 1. The zero-order valence-electron chi connectivity index (χ0n) is 9.75. The normalized spacial score (nSPS) is 32.8. The zero-order valence-corrected chi connectivity index (χ0v) is 9.75. The SMILES string of the molecule is CC(C)(C)CCCN1C[C@H]2CC1CO2. The lowest BCUT2D eigenvalue weighted by molar-refractivity contribution is 0.0292. The number of morpholine rings is 1. The maximum atomic E-state index is 5.59. The Hall–Kier alpha value is -0.0800. The van der Waals surface area contributed by atoms with Gasteiger partial charge in [0.1, 0.15) is 0 Å². The van der Waals surface area contributed by atoms with Crippen molar-refractivity contribution in [1.82, 2.24) is 4.90 Å². The summed E-state index contributed by atoms with van der Waals surface area (Å²) < 4.78 is 5.59. The van der Waals surface area contributed by atoms with E-state index in [1.54, 1.807) is 0 Å². The molecule has 2 heterocycles. The molecule has 0 aromatic carbocycles. The maximum Gasteiger partial charge on any atom is 0.0718 e. The molecule has 2 aliphatic heterocycles. The monoisotopic (exact) mass is 197 g/mol. The van der Waals surface area contributed by atoms with Crippen LogP contribution in [0.25, 0.3) is 0 Å². The third-order valence-corrected chi connectivity index (χ3v) is 3.39. The molecule has 2 saturated heterocycles.